The number of carbonyl (C=O) groups excluding carboxylic acids is 1. The first-order valence-electron chi connectivity index (χ1n) is 8.19. The Morgan fingerprint density at radius 2 is 1.70 bits per heavy atom. The minimum atomic E-state index is -3.91. The summed E-state index contributed by atoms with van der Waals surface area (Å²) in [5.74, 6) is -2.66. The van der Waals surface area contributed by atoms with E-state index in [0.29, 0.717) is 0 Å². The van der Waals surface area contributed by atoms with Crippen molar-refractivity contribution in [2.24, 2.45) is 0 Å². The zero-order chi connectivity index (χ0) is 20.2. The van der Waals surface area contributed by atoms with Crippen molar-refractivity contribution in [3.8, 4) is 5.75 Å². The molecule has 6 nitrogen and oxygen atoms in total. The number of nitrogens with one attached hydrogen (secondary N) is 1. The number of sulfonamides is 1. The predicted octanol–water partition coefficient (Wildman–Crippen LogP) is 3.26. The van der Waals surface area contributed by atoms with Crippen LogP contribution in [0.3, 0.4) is 0 Å². The van der Waals surface area contributed by atoms with Crippen LogP contribution in [0.4, 0.5) is 14.5 Å². The Balaban J connectivity index is 2.46. The van der Waals surface area contributed by atoms with Crippen LogP contribution >= 0.6 is 0 Å². The second-order valence-corrected chi connectivity index (χ2v) is 7.41. The molecule has 0 bridgehead atoms. The number of anilines is 1. The third-order valence-electron chi connectivity index (χ3n) is 3.95. The van der Waals surface area contributed by atoms with Crippen LogP contribution in [0.1, 0.15) is 24.2 Å². The van der Waals surface area contributed by atoms with Crippen molar-refractivity contribution in [1.82, 2.24) is 4.31 Å². The number of hydrogen-bond donors (Lipinski definition) is 1. The Labute approximate surface area is 156 Å². The van der Waals surface area contributed by atoms with Gasteiger partial charge in [0.15, 0.2) is 0 Å². The molecule has 0 aliphatic carbocycles. The van der Waals surface area contributed by atoms with Crippen molar-refractivity contribution in [1.29, 1.82) is 0 Å². The summed E-state index contributed by atoms with van der Waals surface area (Å²) >= 11 is 0. The van der Waals surface area contributed by atoms with Crippen molar-refractivity contribution >= 4 is 21.6 Å². The minimum Gasteiger partial charge on any atom is -0.495 e. The van der Waals surface area contributed by atoms with E-state index in [-0.39, 0.29) is 29.3 Å². The van der Waals surface area contributed by atoms with Crippen LogP contribution < -0.4 is 10.1 Å². The zero-order valence-electron chi connectivity index (χ0n) is 15.1. The SMILES string of the molecule is CCN(CC)S(=O)(=O)c1cc(C(=O)Nc2c(F)cccc2F)ccc1OC. The lowest BCUT2D eigenvalue weighted by atomic mass is 10.2. The second-order valence-electron chi connectivity index (χ2n) is 5.51. The van der Waals surface area contributed by atoms with Crippen LogP contribution in [-0.2, 0) is 10.0 Å². The molecule has 0 aliphatic rings. The number of ether oxygens (including phenoxy) is 1. The topological polar surface area (TPSA) is 75.7 Å². The summed E-state index contributed by atoms with van der Waals surface area (Å²) in [4.78, 5) is 12.2. The van der Waals surface area contributed by atoms with Gasteiger partial charge in [-0.1, -0.05) is 19.9 Å². The number of amides is 1. The smallest absolute Gasteiger partial charge is 0.255 e. The summed E-state index contributed by atoms with van der Waals surface area (Å²) in [5, 5.41) is 2.13. The molecule has 1 N–H and O–H groups in total. The van der Waals surface area contributed by atoms with E-state index in [0.717, 1.165) is 18.2 Å². The van der Waals surface area contributed by atoms with Crippen LogP contribution in [0.15, 0.2) is 41.3 Å². The predicted molar refractivity (Wildman–Crippen MR) is 97.4 cm³/mol. The molecule has 2 aromatic rings. The largest absolute Gasteiger partial charge is 0.495 e. The van der Waals surface area contributed by atoms with E-state index < -0.39 is 33.3 Å². The molecule has 0 aliphatic heterocycles. The van der Waals surface area contributed by atoms with Gasteiger partial charge in [-0.2, -0.15) is 4.31 Å². The van der Waals surface area contributed by atoms with Gasteiger partial charge in [-0.15, -0.1) is 0 Å². The van der Waals surface area contributed by atoms with E-state index in [4.69, 9.17) is 4.74 Å². The molecular formula is C18H20F2N2O4S. The second kappa shape index (κ2) is 8.45. The van der Waals surface area contributed by atoms with E-state index in [2.05, 4.69) is 5.32 Å². The maximum atomic E-state index is 13.7. The first kappa shape index (κ1) is 20.8. The van der Waals surface area contributed by atoms with E-state index in [1.807, 2.05) is 0 Å². The molecule has 0 radical (unpaired) electrons. The van der Waals surface area contributed by atoms with Gasteiger partial charge in [0.05, 0.1) is 7.11 Å². The van der Waals surface area contributed by atoms with Crippen LogP contribution in [0.2, 0.25) is 0 Å². The Bertz CT molecular complexity index is 924. The Morgan fingerprint density at radius 1 is 1.11 bits per heavy atom. The molecule has 9 heteroatoms. The molecular weight excluding hydrogens is 378 g/mol. The highest BCUT2D eigenvalue weighted by molar-refractivity contribution is 7.89. The fourth-order valence-corrected chi connectivity index (χ4v) is 4.16. The summed E-state index contributed by atoms with van der Waals surface area (Å²) in [7, 11) is -2.60. The number of benzene rings is 2. The molecule has 0 atom stereocenters. The van der Waals surface area contributed by atoms with Gasteiger partial charge in [-0.05, 0) is 30.3 Å². The molecule has 0 saturated heterocycles. The van der Waals surface area contributed by atoms with Crippen molar-refractivity contribution < 1.29 is 26.7 Å². The maximum Gasteiger partial charge on any atom is 0.255 e. The van der Waals surface area contributed by atoms with Crippen LogP contribution in [-0.4, -0.2) is 38.8 Å². The summed E-state index contributed by atoms with van der Waals surface area (Å²) in [6.45, 7) is 3.84. The lowest BCUT2D eigenvalue weighted by Crippen LogP contribution is -2.31. The fraction of sp³-hybridized carbons (Fsp3) is 0.278. The molecule has 1 amide bonds. The van der Waals surface area contributed by atoms with Crippen molar-refractivity contribution in [2.75, 3.05) is 25.5 Å². The van der Waals surface area contributed by atoms with Gasteiger partial charge >= 0.3 is 0 Å². The normalized spacial score (nSPS) is 11.5. The molecule has 2 rings (SSSR count). The van der Waals surface area contributed by atoms with Gasteiger partial charge in [0.2, 0.25) is 10.0 Å². The summed E-state index contributed by atoms with van der Waals surface area (Å²) in [6.07, 6.45) is 0. The Kier molecular flexibility index (Phi) is 6.50. The highest BCUT2D eigenvalue weighted by Crippen LogP contribution is 2.28. The van der Waals surface area contributed by atoms with Gasteiger partial charge in [-0.3, -0.25) is 4.79 Å². The van der Waals surface area contributed by atoms with E-state index >= 15 is 0 Å². The number of para-hydroxylation sites is 1. The number of nitrogens with zero attached hydrogens (tertiary/aromatic N) is 1. The summed E-state index contributed by atoms with van der Waals surface area (Å²) in [5.41, 5.74) is -0.685. The molecule has 27 heavy (non-hydrogen) atoms. The van der Waals surface area contributed by atoms with Gasteiger partial charge in [-0.25, -0.2) is 17.2 Å². The molecule has 146 valence electrons. The van der Waals surface area contributed by atoms with Crippen molar-refractivity contribution in [3.05, 3.63) is 53.6 Å². The number of rotatable bonds is 7. The number of methoxy groups -OCH3 is 1. The van der Waals surface area contributed by atoms with E-state index in [9.17, 15) is 22.0 Å². The number of carbonyl (C=O) groups is 1. The molecule has 0 aromatic heterocycles. The summed E-state index contributed by atoms with van der Waals surface area (Å²) in [6, 6.07) is 6.94. The van der Waals surface area contributed by atoms with Crippen LogP contribution in [0.25, 0.3) is 0 Å². The minimum absolute atomic E-state index is 0.0653. The third-order valence-corrected chi connectivity index (χ3v) is 6.02. The molecule has 2 aromatic carbocycles. The van der Waals surface area contributed by atoms with Crippen LogP contribution in [0, 0.1) is 11.6 Å². The van der Waals surface area contributed by atoms with Crippen molar-refractivity contribution in [3.63, 3.8) is 0 Å². The first-order valence-corrected chi connectivity index (χ1v) is 9.63. The average molecular weight is 398 g/mol. The molecule has 0 unspecified atom stereocenters. The van der Waals surface area contributed by atoms with Gasteiger partial charge < -0.3 is 10.1 Å². The highest BCUT2D eigenvalue weighted by Gasteiger charge is 2.27. The Morgan fingerprint density at radius 3 is 2.22 bits per heavy atom. The molecule has 0 heterocycles. The molecule has 0 fully saturated rings. The number of halogens is 2. The zero-order valence-corrected chi connectivity index (χ0v) is 15.9. The number of hydrogen-bond acceptors (Lipinski definition) is 4. The standard InChI is InChI=1S/C18H20F2N2O4S/c1-4-22(5-2)27(24,25)16-11-12(9-10-15(16)26-3)18(23)21-17-13(19)7-6-8-14(17)20/h6-11H,4-5H2,1-3H3,(H,21,23). The van der Waals surface area contributed by atoms with E-state index in [1.54, 1.807) is 13.8 Å². The fourth-order valence-electron chi connectivity index (χ4n) is 2.53. The quantitative estimate of drug-likeness (QED) is 0.777. The lowest BCUT2D eigenvalue weighted by molar-refractivity contribution is 0.102. The highest BCUT2D eigenvalue weighted by atomic mass is 32.2. The van der Waals surface area contributed by atoms with Gasteiger partial charge in [0.25, 0.3) is 5.91 Å². The van der Waals surface area contributed by atoms with Crippen molar-refractivity contribution in [2.45, 2.75) is 18.7 Å². The van der Waals surface area contributed by atoms with Gasteiger partial charge in [0, 0.05) is 18.7 Å². The van der Waals surface area contributed by atoms with Crippen LogP contribution in [0.5, 0.6) is 5.75 Å². The monoisotopic (exact) mass is 398 g/mol. The molecule has 0 spiro atoms. The van der Waals surface area contributed by atoms with E-state index in [1.165, 1.54) is 29.6 Å². The first-order chi connectivity index (χ1) is 12.8. The average Bonchev–Trinajstić information content (AvgIpc) is 2.65. The lowest BCUT2D eigenvalue weighted by Gasteiger charge is -2.20. The molecule has 0 saturated carbocycles. The maximum absolute atomic E-state index is 13.7. The summed E-state index contributed by atoms with van der Waals surface area (Å²) < 4.78 is 59.4. The Hall–Kier alpha value is -2.52. The third kappa shape index (κ3) is 4.25. The van der Waals surface area contributed by atoms with Gasteiger partial charge in [0.1, 0.15) is 28.0 Å².